The van der Waals surface area contributed by atoms with E-state index in [2.05, 4.69) is 41.5 Å². The Kier molecular flexibility index (Phi) is 6.68. The molecule has 0 atom stereocenters. The SMILES string of the molecule is CCCCc1ccc(CC(=O)NCCCn2ccnc2)cc1. The van der Waals surface area contributed by atoms with E-state index >= 15 is 0 Å². The second kappa shape index (κ2) is 9.03. The predicted octanol–water partition coefficient (Wildman–Crippen LogP) is 2.97. The normalized spacial score (nSPS) is 10.6. The standard InChI is InChI=1S/C18H25N3O/c1-2-3-5-16-6-8-17(9-7-16)14-18(22)20-10-4-12-21-13-11-19-15-21/h6-9,11,13,15H,2-5,10,12,14H2,1H3,(H,20,22). The van der Waals surface area contributed by atoms with Crippen molar-refractivity contribution in [2.24, 2.45) is 0 Å². The first-order valence-corrected chi connectivity index (χ1v) is 8.08. The van der Waals surface area contributed by atoms with Crippen LogP contribution >= 0.6 is 0 Å². The summed E-state index contributed by atoms with van der Waals surface area (Å²) in [6.45, 7) is 3.78. The average Bonchev–Trinajstić information content (AvgIpc) is 3.04. The van der Waals surface area contributed by atoms with Gasteiger partial charge in [0, 0.05) is 25.5 Å². The molecule has 0 spiro atoms. The number of hydrogen-bond donors (Lipinski definition) is 1. The van der Waals surface area contributed by atoms with Crippen molar-refractivity contribution in [3.63, 3.8) is 0 Å². The first-order chi connectivity index (χ1) is 10.8. The number of imidazole rings is 1. The molecule has 1 N–H and O–H groups in total. The Morgan fingerprint density at radius 2 is 1.95 bits per heavy atom. The van der Waals surface area contributed by atoms with Crippen LogP contribution in [0.3, 0.4) is 0 Å². The van der Waals surface area contributed by atoms with Gasteiger partial charge >= 0.3 is 0 Å². The lowest BCUT2D eigenvalue weighted by Crippen LogP contribution is -2.26. The van der Waals surface area contributed by atoms with Gasteiger partial charge in [0.25, 0.3) is 0 Å². The van der Waals surface area contributed by atoms with Crippen LogP contribution in [0, 0.1) is 0 Å². The molecule has 1 aromatic heterocycles. The van der Waals surface area contributed by atoms with E-state index in [1.807, 2.05) is 10.8 Å². The predicted molar refractivity (Wildman–Crippen MR) is 88.6 cm³/mol. The molecule has 0 saturated carbocycles. The molecule has 4 heteroatoms. The molecular formula is C18H25N3O. The maximum Gasteiger partial charge on any atom is 0.224 e. The summed E-state index contributed by atoms with van der Waals surface area (Å²) in [5.74, 6) is 0.0898. The fraction of sp³-hybridized carbons (Fsp3) is 0.444. The summed E-state index contributed by atoms with van der Waals surface area (Å²) in [5, 5.41) is 2.97. The number of benzene rings is 1. The molecule has 0 bridgehead atoms. The van der Waals surface area contributed by atoms with E-state index < -0.39 is 0 Å². The molecule has 0 aliphatic rings. The highest BCUT2D eigenvalue weighted by atomic mass is 16.1. The number of unbranched alkanes of at least 4 members (excludes halogenated alkanes) is 1. The molecule has 2 rings (SSSR count). The Labute approximate surface area is 132 Å². The second-order valence-corrected chi connectivity index (χ2v) is 5.60. The summed E-state index contributed by atoms with van der Waals surface area (Å²) in [5.41, 5.74) is 2.43. The zero-order valence-electron chi connectivity index (χ0n) is 13.3. The lowest BCUT2D eigenvalue weighted by molar-refractivity contribution is -0.120. The van der Waals surface area contributed by atoms with Gasteiger partial charge in [-0.2, -0.15) is 0 Å². The van der Waals surface area contributed by atoms with E-state index in [1.54, 1.807) is 12.5 Å². The molecule has 0 radical (unpaired) electrons. The van der Waals surface area contributed by atoms with Crippen LogP contribution in [0.5, 0.6) is 0 Å². The van der Waals surface area contributed by atoms with Gasteiger partial charge < -0.3 is 9.88 Å². The highest BCUT2D eigenvalue weighted by Crippen LogP contribution is 2.08. The van der Waals surface area contributed by atoms with Crippen LogP contribution in [0.2, 0.25) is 0 Å². The van der Waals surface area contributed by atoms with E-state index in [0.29, 0.717) is 13.0 Å². The highest BCUT2D eigenvalue weighted by Gasteiger charge is 2.03. The van der Waals surface area contributed by atoms with E-state index in [9.17, 15) is 4.79 Å². The van der Waals surface area contributed by atoms with E-state index in [-0.39, 0.29) is 5.91 Å². The minimum atomic E-state index is 0.0898. The van der Waals surface area contributed by atoms with E-state index in [1.165, 1.54) is 18.4 Å². The Hall–Kier alpha value is -2.10. The third-order valence-electron chi connectivity index (χ3n) is 3.68. The van der Waals surface area contributed by atoms with E-state index in [4.69, 9.17) is 0 Å². The van der Waals surface area contributed by atoms with Crippen LogP contribution in [-0.4, -0.2) is 22.0 Å². The van der Waals surface area contributed by atoms with Crippen LogP contribution in [0.15, 0.2) is 43.0 Å². The van der Waals surface area contributed by atoms with Gasteiger partial charge in [-0.25, -0.2) is 4.98 Å². The van der Waals surface area contributed by atoms with Gasteiger partial charge in [0.15, 0.2) is 0 Å². The van der Waals surface area contributed by atoms with Crippen LogP contribution in [-0.2, 0) is 24.2 Å². The van der Waals surface area contributed by atoms with Crippen LogP contribution < -0.4 is 5.32 Å². The monoisotopic (exact) mass is 299 g/mol. The number of aromatic nitrogens is 2. The van der Waals surface area contributed by atoms with Crippen molar-refractivity contribution in [3.05, 3.63) is 54.1 Å². The number of nitrogens with zero attached hydrogens (tertiary/aromatic N) is 2. The molecule has 0 aliphatic carbocycles. The molecular weight excluding hydrogens is 274 g/mol. The first-order valence-electron chi connectivity index (χ1n) is 8.08. The topological polar surface area (TPSA) is 46.9 Å². The number of amides is 1. The summed E-state index contributed by atoms with van der Waals surface area (Å²) in [4.78, 5) is 15.9. The molecule has 1 heterocycles. The summed E-state index contributed by atoms with van der Waals surface area (Å²) in [6, 6.07) is 8.40. The number of nitrogens with one attached hydrogen (secondary N) is 1. The van der Waals surface area contributed by atoms with Crippen molar-refractivity contribution in [2.45, 2.75) is 45.6 Å². The van der Waals surface area contributed by atoms with Crippen LogP contribution in [0.4, 0.5) is 0 Å². The van der Waals surface area contributed by atoms with Gasteiger partial charge in [-0.1, -0.05) is 37.6 Å². The molecule has 0 aliphatic heterocycles. The molecule has 1 amide bonds. The molecule has 0 unspecified atom stereocenters. The van der Waals surface area contributed by atoms with Gasteiger partial charge in [0.1, 0.15) is 0 Å². The maximum atomic E-state index is 11.9. The number of aryl methyl sites for hydroxylation is 2. The number of hydrogen-bond acceptors (Lipinski definition) is 2. The third kappa shape index (κ3) is 5.72. The van der Waals surface area contributed by atoms with Crippen molar-refractivity contribution < 1.29 is 4.79 Å². The summed E-state index contributed by atoms with van der Waals surface area (Å²) in [6.07, 6.45) is 10.4. The Morgan fingerprint density at radius 3 is 2.64 bits per heavy atom. The van der Waals surface area contributed by atoms with Crippen molar-refractivity contribution in [2.75, 3.05) is 6.54 Å². The van der Waals surface area contributed by atoms with Crippen LogP contribution in [0.1, 0.15) is 37.3 Å². The zero-order chi connectivity index (χ0) is 15.6. The average molecular weight is 299 g/mol. The summed E-state index contributed by atoms with van der Waals surface area (Å²) < 4.78 is 2.02. The fourth-order valence-corrected chi connectivity index (χ4v) is 2.36. The van der Waals surface area contributed by atoms with Gasteiger partial charge in [-0.05, 0) is 30.4 Å². The fourth-order valence-electron chi connectivity index (χ4n) is 2.36. The van der Waals surface area contributed by atoms with Crippen molar-refractivity contribution >= 4 is 5.91 Å². The Morgan fingerprint density at radius 1 is 1.18 bits per heavy atom. The highest BCUT2D eigenvalue weighted by molar-refractivity contribution is 5.78. The minimum absolute atomic E-state index is 0.0898. The molecule has 4 nitrogen and oxygen atoms in total. The van der Waals surface area contributed by atoms with Crippen molar-refractivity contribution in [1.29, 1.82) is 0 Å². The molecule has 0 fully saturated rings. The lowest BCUT2D eigenvalue weighted by Gasteiger charge is -2.07. The Bertz CT molecular complexity index is 546. The summed E-state index contributed by atoms with van der Waals surface area (Å²) >= 11 is 0. The molecule has 0 saturated heterocycles. The lowest BCUT2D eigenvalue weighted by atomic mass is 10.0. The quantitative estimate of drug-likeness (QED) is 0.724. The van der Waals surface area contributed by atoms with Gasteiger partial charge in [0.2, 0.25) is 5.91 Å². The van der Waals surface area contributed by atoms with Gasteiger partial charge in [-0.15, -0.1) is 0 Å². The number of rotatable bonds is 9. The maximum absolute atomic E-state index is 11.9. The minimum Gasteiger partial charge on any atom is -0.356 e. The second-order valence-electron chi connectivity index (χ2n) is 5.60. The third-order valence-corrected chi connectivity index (χ3v) is 3.68. The van der Waals surface area contributed by atoms with Crippen molar-refractivity contribution in [3.8, 4) is 0 Å². The van der Waals surface area contributed by atoms with Crippen molar-refractivity contribution in [1.82, 2.24) is 14.9 Å². The molecule has 1 aromatic carbocycles. The smallest absolute Gasteiger partial charge is 0.224 e. The summed E-state index contributed by atoms with van der Waals surface area (Å²) in [7, 11) is 0. The molecule has 2 aromatic rings. The molecule has 118 valence electrons. The zero-order valence-corrected chi connectivity index (χ0v) is 13.3. The Balaban J connectivity index is 1.65. The van der Waals surface area contributed by atoms with Crippen LogP contribution in [0.25, 0.3) is 0 Å². The first kappa shape index (κ1) is 16.3. The molecule has 22 heavy (non-hydrogen) atoms. The van der Waals surface area contributed by atoms with Gasteiger partial charge in [0.05, 0.1) is 12.7 Å². The van der Waals surface area contributed by atoms with E-state index in [0.717, 1.165) is 24.9 Å². The van der Waals surface area contributed by atoms with Gasteiger partial charge in [-0.3, -0.25) is 4.79 Å². The largest absolute Gasteiger partial charge is 0.356 e. The number of carbonyl (C=O) groups excluding carboxylic acids is 1. The number of carbonyl (C=O) groups is 1.